The third kappa shape index (κ3) is 30.1. The number of nitrogens with zero attached hydrogens (tertiary/aromatic N) is 8. The van der Waals surface area contributed by atoms with Crippen LogP contribution in [0.4, 0.5) is 22.7 Å². The molecule has 0 aromatic heterocycles. The maximum atomic E-state index is 9.79. The van der Waals surface area contributed by atoms with E-state index in [9.17, 15) is 5.11 Å². The predicted molar refractivity (Wildman–Crippen MR) is 469 cm³/mol. The molecule has 0 bridgehead atoms. The molecule has 112 heavy (non-hydrogen) atoms. The number of nitrogens with one attached hydrogen (secondary N) is 2. The highest BCUT2D eigenvalue weighted by molar-refractivity contribution is 6.37. The molecule has 4 aliphatic rings. The van der Waals surface area contributed by atoms with Crippen LogP contribution < -0.4 is 25.3 Å². The number of piperazine rings is 3. The second-order valence-electron chi connectivity index (χ2n) is 27.5. The Morgan fingerprint density at radius 1 is 0.500 bits per heavy atom. The Morgan fingerprint density at radius 3 is 1.33 bits per heavy atom. The van der Waals surface area contributed by atoms with E-state index in [4.69, 9.17) is 108 Å². The largest absolute Gasteiger partial charge is 0.395 e. The maximum Gasteiger partial charge on any atom is 0.187 e. The Labute approximate surface area is 698 Å². The number of anilines is 3. The monoisotopic (exact) mass is 1650 g/mol. The second-order valence-corrected chi connectivity index (χ2v) is 30.5. The normalized spacial score (nSPS) is 17.1. The van der Waals surface area contributed by atoms with Gasteiger partial charge in [0.25, 0.3) is 0 Å². The lowest BCUT2D eigenvalue weighted by atomic mass is 10.0. The van der Waals surface area contributed by atoms with E-state index in [1.54, 1.807) is 7.05 Å². The number of ether oxygens (including phenoxy) is 1. The van der Waals surface area contributed by atoms with Crippen LogP contribution in [0.15, 0.2) is 261 Å². The van der Waals surface area contributed by atoms with Crippen molar-refractivity contribution in [2.45, 2.75) is 42.3 Å². The average Bonchev–Trinajstić information content (AvgIpc) is 1.24. The fourth-order valence-electron chi connectivity index (χ4n) is 13.1. The van der Waals surface area contributed by atoms with Crippen molar-refractivity contribution in [2.24, 2.45) is 0 Å². The molecule has 4 saturated heterocycles. The van der Waals surface area contributed by atoms with Gasteiger partial charge in [-0.1, -0.05) is 276 Å². The Hall–Kier alpha value is -7.32. The van der Waals surface area contributed by atoms with Crippen LogP contribution in [0.3, 0.4) is 0 Å². The first kappa shape index (κ1) is 90.2. The molecule has 6 N–H and O–H groups in total. The number of aliphatic hydroxyl groups excluding tert-OH is 4. The van der Waals surface area contributed by atoms with Crippen LogP contribution in [0.5, 0.6) is 0 Å². The van der Waals surface area contributed by atoms with Gasteiger partial charge in [-0.05, 0) is 122 Å². The van der Waals surface area contributed by atoms with Gasteiger partial charge >= 0.3 is 0 Å². The molecule has 0 radical (unpaired) electrons. The van der Waals surface area contributed by atoms with Crippen molar-refractivity contribution in [1.29, 1.82) is 0 Å². The molecule has 0 spiro atoms. The quantitative estimate of drug-likeness (QED) is 0.0231. The molecule has 6 unspecified atom stereocenters. The molecule has 10 aromatic rings. The van der Waals surface area contributed by atoms with Gasteiger partial charge in [0.05, 0.1) is 94.7 Å². The van der Waals surface area contributed by atoms with Crippen molar-refractivity contribution in [1.82, 2.24) is 30.2 Å². The minimum absolute atomic E-state index is 0.00671. The number of hydrogen-bond donors (Lipinski definition) is 6. The zero-order valence-corrected chi connectivity index (χ0v) is 69.4. The van der Waals surface area contributed by atoms with Crippen LogP contribution in [0.1, 0.15) is 74.7 Å². The van der Waals surface area contributed by atoms with Gasteiger partial charge in [0.2, 0.25) is 0 Å². The van der Waals surface area contributed by atoms with Gasteiger partial charge in [0.1, 0.15) is 6.10 Å². The smallest absolute Gasteiger partial charge is 0.187 e. The molecular formula is C90H105Cl7N10O5. The molecule has 594 valence electrons. The van der Waals surface area contributed by atoms with Gasteiger partial charge in [-0.15, -0.1) is 11.6 Å². The highest BCUT2D eigenvalue weighted by atomic mass is 35.5. The van der Waals surface area contributed by atoms with Gasteiger partial charge < -0.3 is 65.2 Å². The number of aliphatic hydroxyl groups is 4. The first-order valence-electron chi connectivity index (χ1n) is 37.7. The molecule has 6 atom stereocenters. The van der Waals surface area contributed by atoms with Crippen LogP contribution in [0, 0.1) is 6.57 Å². The van der Waals surface area contributed by atoms with E-state index in [2.05, 4.69) is 138 Å². The summed E-state index contributed by atoms with van der Waals surface area (Å²) in [5, 5.41) is 45.5. The Balaban J connectivity index is 0.000000172. The number of likely N-dealkylation sites (N-methyl/N-ethyl adjacent to an activating group) is 4. The maximum absolute atomic E-state index is 9.79. The number of rotatable bonds is 21. The molecule has 0 aliphatic carbocycles. The molecule has 22 heteroatoms. The van der Waals surface area contributed by atoms with E-state index < -0.39 is 6.10 Å². The standard InChI is InChI=1S/C24H21Cl2N3.C17H18Cl2N2.C16H16Cl2N2.C11H16ClNO.C11H17NO2.C8H8O.C3H9NO/c1-27-21-10-7-18(8-11-21)16-28-13-14-29(23-12-9-20(25)15-22(23)26)24(17-28)19-5-3-2-4-6-19;1-20-9-10-21(16-8-7-14(18)11-15(16)19)17(12-20)13-5-3-2-4-6-13;17-13-6-7-15(14(18)10-13)20-9-8-19-11-16(20)12-4-2-1-3-5-12;1-13(7-8-14)9-11(12)10-5-3-2-4-6-10;1-12(7-8-13)9-11(14)10-5-3-2-4-6-10;1-2-4-7(5-3-1)8-6-9-8;1-4-2-3-5/h2-12,15,24H,13-14,16-17H2;2-8,11,17H,9-10,12H2,1H3;1-7,10,16,19H,8-9,11H2;2-6,11,14H,7-9H2,1H3;2-6,11,13-14H,7-9H2,1H3;1-5,8H,6H2;4-5H,2-3H2,1H3. The Morgan fingerprint density at radius 2 is 0.911 bits per heavy atom. The molecule has 4 aliphatic heterocycles. The number of benzene rings is 10. The van der Waals surface area contributed by atoms with Crippen molar-refractivity contribution >= 4 is 104 Å². The summed E-state index contributed by atoms with van der Waals surface area (Å²) < 4.78 is 5.09. The van der Waals surface area contributed by atoms with Gasteiger partial charge in [0.15, 0.2) is 5.69 Å². The summed E-state index contributed by atoms with van der Waals surface area (Å²) in [5.74, 6) is 0. The van der Waals surface area contributed by atoms with Crippen LogP contribution in [-0.2, 0) is 11.3 Å². The first-order valence-corrected chi connectivity index (χ1v) is 40.4. The minimum atomic E-state index is -0.479. The SMILES string of the molecule is CN(CCO)CC(Cl)c1ccccc1.CN(CCO)CC(O)c1ccccc1.CN1CCN(c2ccc(Cl)cc2Cl)C(c2ccccc2)C1.CNCCO.Clc1ccc(N2CCNCC2c2ccccc2)c(Cl)c1.[C-]#[N+]c1ccc(CN2CCN(c3ccc(Cl)cc3Cl)C(c3ccccc3)C2)cc1.c1ccc(C2CO2)cc1. The van der Waals surface area contributed by atoms with E-state index in [0.717, 1.165) is 107 Å². The van der Waals surface area contributed by atoms with Crippen molar-refractivity contribution in [3.05, 3.63) is 341 Å². The summed E-state index contributed by atoms with van der Waals surface area (Å²) in [6, 6.07) is 87.3. The van der Waals surface area contributed by atoms with Gasteiger partial charge in [0, 0.05) is 113 Å². The molecule has 14 rings (SSSR count). The summed E-state index contributed by atoms with van der Waals surface area (Å²) in [4.78, 5) is 19.3. The highest BCUT2D eigenvalue weighted by Gasteiger charge is 2.32. The van der Waals surface area contributed by atoms with Crippen LogP contribution in [0.2, 0.25) is 30.1 Å². The third-order valence-electron chi connectivity index (χ3n) is 19.1. The predicted octanol–water partition coefficient (Wildman–Crippen LogP) is 18.7. The fraction of sp³-hybridized carbons (Fsp3) is 0.322. The molecule has 0 amide bonds. The van der Waals surface area contributed by atoms with Gasteiger partial charge in [-0.2, -0.15) is 0 Å². The van der Waals surface area contributed by atoms with E-state index in [1.807, 2.05) is 194 Å². The lowest BCUT2D eigenvalue weighted by Crippen LogP contribution is -2.48. The van der Waals surface area contributed by atoms with E-state index in [1.165, 1.54) is 27.8 Å². The van der Waals surface area contributed by atoms with Gasteiger partial charge in [-0.3, -0.25) is 4.90 Å². The number of epoxide rings is 1. The Kier molecular flexibility index (Phi) is 39.8. The number of alkyl halides is 1. The van der Waals surface area contributed by atoms with Crippen LogP contribution in [0.25, 0.3) is 4.85 Å². The molecule has 4 heterocycles. The summed E-state index contributed by atoms with van der Waals surface area (Å²) in [6.45, 7) is 21.2. The van der Waals surface area contributed by atoms with E-state index >= 15 is 0 Å². The average molecular weight is 1660 g/mol. The van der Waals surface area contributed by atoms with E-state index in [-0.39, 0.29) is 31.2 Å². The number of hydrogen-bond acceptors (Lipinski definition) is 14. The number of halogens is 7. The second kappa shape index (κ2) is 49.4. The van der Waals surface area contributed by atoms with Crippen molar-refractivity contribution in [3.8, 4) is 0 Å². The minimum Gasteiger partial charge on any atom is -0.395 e. The zero-order valence-electron chi connectivity index (χ0n) is 64.1. The lowest BCUT2D eigenvalue weighted by Gasteiger charge is -2.43. The fourth-order valence-corrected chi connectivity index (χ4v) is 15.0. The Bertz CT molecular complexity index is 4250. The molecule has 10 aromatic carbocycles. The van der Waals surface area contributed by atoms with Crippen molar-refractivity contribution in [2.75, 3.05) is 161 Å². The zero-order chi connectivity index (χ0) is 80.0. The topological polar surface area (TPSA) is 145 Å². The molecule has 15 nitrogen and oxygen atoms in total. The third-order valence-corrected chi connectivity index (χ3v) is 21.1. The van der Waals surface area contributed by atoms with Gasteiger partial charge in [-0.25, -0.2) is 4.85 Å². The summed E-state index contributed by atoms with van der Waals surface area (Å²) in [5.41, 5.74) is 12.3. The van der Waals surface area contributed by atoms with Crippen molar-refractivity contribution < 1.29 is 25.2 Å². The van der Waals surface area contributed by atoms with Crippen LogP contribution in [-0.4, -0.2) is 186 Å². The summed E-state index contributed by atoms with van der Waals surface area (Å²) in [6.07, 6.45) is -0.0704. The summed E-state index contributed by atoms with van der Waals surface area (Å²) in [7, 11) is 7.80. The molecule has 4 fully saturated rings. The van der Waals surface area contributed by atoms with Crippen molar-refractivity contribution in [3.63, 3.8) is 0 Å². The lowest BCUT2D eigenvalue weighted by molar-refractivity contribution is 0.115. The highest BCUT2D eigenvalue weighted by Crippen LogP contribution is 2.40. The summed E-state index contributed by atoms with van der Waals surface area (Å²) >= 11 is 43.7. The molecule has 0 saturated carbocycles. The molecular weight excluding hydrogens is 1550 g/mol. The van der Waals surface area contributed by atoms with Crippen LogP contribution >= 0.6 is 81.2 Å². The van der Waals surface area contributed by atoms with E-state index in [0.29, 0.717) is 80.2 Å². The first-order chi connectivity index (χ1) is 54.4.